The number of carbonyl (C=O) groups excluding carboxylic acids is 1. The SMILES string of the molecule is N#C/C(=C/c1ccc(OCc2ccc(Cl)cc2Cl)c(Br)c1)C(=O)Nc1cccc(C(=O)O)c1. The highest BCUT2D eigenvalue weighted by Gasteiger charge is 2.12. The van der Waals surface area contributed by atoms with Crippen LogP contribution in [0, 0.1) is 11.3 Å². The number of aromatic carboxylic acids is 1. The summed E-state index contributed by atoms with van der Waals surface area (Å²) in [7, 11) is 0. The van der Waals surface area contributed by atoms with Gasteiger partial charge in [0.25, 0.3) is 5.91 Å². The third-order valence-electron chi connectivity index (χ3n) is 4.40. The monoisotopic (exact) mass is 544 g/mol. The molecule has 3 rings (SSSR count). The van der Waals surface area contributed by atoms with Gasteiger partial charge in [0.15, 0.2) is 0 Å². The van der Waals surface area contributed by atoms with Gasteiger partial charge in [0, 0.05) is 21.3 Å². The largest absolute Gasteiger partial charge is 0.488 e. The molecule has 0 atom stereocenters. The zero-order valence-corrected chi connectivity index (χ0v) is 19.9. The van der Waals surface area contributed by atoms with E-state index < -0.39 is 11.9 Å². The number of carboxylic acids is 1. The van der Waals surface area contributed by atoms with Crippen LogP contribution in [0.4, 0.5) is 5.69 Å². The van der Waals surface area contributed by atoms with Gasteiger partial charge in [0.1, 0.15) is 24.0 Å². The number of rotatable bonds is 7. The Hall–Kier alpha value is -3.31. The second kappa shape index (κ2) is 11.0. The summed E-state index contributed by atoms with van der Waals surface area (Å²) in [6, 6.07) is 17.8. The number of anilines is 1. The van der Waals surface area contributed by atoms with Crippen molar-refractivity contribution in [3.05, 3.63) is 97.4 Å². The Morgan fingerprint density at radius 2 is 1.91 bits per heavy atom. The van der Waals surface area contributed by atoms with Crippen LogP contribution in [-0.4, -0.2) is 17.0 Å². The highest BCUT2D eigenvalue weighted by Crippen LogP contribution is 2.29. The minimum atomic E-state index is -1.12. The number of hydrogen-bond donors (Lipinski definition) is 2. The average molecular weight is 546 g/mol. The molecule has 0 aliphatic heterocycles. The molecular weight excluding hydrogens is 531 g/mol. The van der Waals surface area contributed by atoms with E-state index in [1.54, 1.807) is 36.4 Å². The quantitative estimate of drug-likeness (QED) is 0.258. The molecule has 0 aromatic heterocycles. The van der Waals surface area contributed by atoms with Gasteiger partial charge in [-0.2, -0.15) is 5.26 Å². The summed E-state index contributed by atoms with van der Waals surface area (Å²) in [4.78, 5) is 23.6. The fourth-order valence-electron chi connectivity index (χ4n) is 2.76. The predicted molar refractivity (Wildman–Crippen MR) is 131 cm³/mol. The summed E-state index contributed by atoms with van der Waals surface area (Å²) in [5.41, 5.74) is 1.50. The van der Waals surface area contributed by atoms with Gasteiger partial charge in [-0.3, -0.25) is 4.79 Å². The Balaban J connectivity index is 1.72. The number of hydrogen-bond acceptors (Lipinski definition) is 4. The van der Waals surface area contributed by atoms with Crippen molar-refractivity contribution in [2.75, 3.05) is 5.32 Å². The van der Waals surface area contributed by atoms with Crippen LogP contribution >= 0.6 is 39.1 Å². The van der Waals surface area contributed by atoms with E-state index in [1.807, 2.05) is 6.07 Å². The molecule has 166 valence electrons. The van der Waals surface area contributed by atoms with Crippen LogP contribution in [-0.2, 0) is 11.4 Å². The highest BCUT2D eigenvalue weighted by atomic mass is 79.9. The van der Waals surface area contributed by atoms with E-state index in [-0.39, 0.29) is 23.4 Å². The van der Waals surface area contributed by atoms with E-state index in [9.17, 15) is 14.9 Å². The van der Waals surface area contributed by atoms with Crippen LogP contribution in [0.15, 0.2) is 70.7 Å². The number of ether oxygens (including phenoxy) is 1. The number of halogens is 3. The Kier molecular flexibility index (Phi) is 8.12. The van der Waals surface area contributed by atoms with Gasteiger partial charge in [-0.15, -0.1) is 0 Å². The number of amides is 1. The summed E-state index contributed by atoms with van der Waals surface area (Å²) in [6.45, 7) is 0.227. The molecule has 0 aliphatic rings. The van der Waals surface area contributed by atoms with Crippen molar-refractivity contribution in [2.45, 2.75) is 6.61 Å². The number of nitriles is 1. The first kappa shape index (κ1) is 24.3. The molecule has 0 unspecified atom stereocenters. The van der Waals surface area contributed by atoms with Gasteiger partial charge in [-0.05, 0) is 70.0 Å². The molecule has 0 fully saturated rings. The van der Waals surface area contributed by atoms with Crippen LogP contribution in [0.3, 0.4) is 0 Å². The van der Waals surface area contributed by atoms with Crippen LogP contribution in [0.25, 0.3) is 6.08 Å². The van der Waals surface area contributed by atoms with E-state index in [4.69, 9.17) is 33.0 Å². The molecule has 6 nitrogen and oxygen atoms in total. The van der Waals surface area contributed by atoms with Crippen molar-refractivity contribution in [1.82, 2.24) is 0 Å². The molecule has 0 radical (unpaired) electrons. The van der Waals surface area contributed by atoms with Crippen molar-refractivity contribution >= 4 is 62.8 Å². The van der Waals surface area contributed by atoms with Crippen molar-refractivity contribution in [1.29, 1.82) is 5.26 Å². The Morgan fingerprint density at radius 1 is 1.12 bits per heavy atom. The lowest BCUT2D eigenvalue weighted by molar-refractivity contribution is -0.112. The fraction of sp³-hybridized carbons (Fsp3) is 0.0417. The van der Waals surface area contributed by atoms with Gasteiger partial charge in [0.05, 0.1) is 10.0 Å². The minimum absolute atomic E-state index is 0.0229. The second-order valence-corrected chi connectivity index (χ2v) is 8.42. The zero-order valence-electron chi connectivity index (χ0n) is 16.8. The number of nitrogens with zero attached hydrogens (tertiary/aromatic N) is 1. The zero-order chi connectivity index (χ0) is 24.0. The first-order valence-electron chi connectivity index (χ1n) is 9.39. The van der Waals surface area contributed by atoms with Crippen molar-refractivity contribution in [3.63, 3.8) is 0 Å². The number of benzene rings is 3. The smallest absolute Gasteiger partial charge is 0.335 e. The first-order valence-corrected chi connectivity index (χ1v) is 10.9. The molecule has 0 bridgehead atoms. The molecule has 3 aromatic carbocycles. The molecule has 0 heterocycles. The van der Waals surface area contributed by atoms with Crippen LogP contribution < -0.4 is 10.1 Å². The molecule has 0 saturated carbocycles. The second-order valence-electron chi connectivity index (χ2n) is 6.72. The maximum atomic E-state index is 12.5. The summed E-state index contributed by atoms with van der Waals surface area (Å²) in [5.74, 6) is -1.23. The van der Waals surface area contributed by atoms with Crippen LogP contribution in [0.2, 0.25) is 10.0 Å². The standard InChI is InChI=1S/C24H15BrCl2N2O4/c25-20-9-14(4-7-22(20)33-13-16-5-6-18(26)11-21(16)27)8-17(12-28)23(30)29-19-3-1-2-15(10-19)24(31)32/h1-11H,13H2,(H,29,30)(H,31,32)/b17-8-. The summed E-state index contributed by atoms with van der Waals surface area (Å²) in [5, 5.41) is 22.1. The Bertz CT molecular complexity index is 1300. The predicted octanol–water partition coefficient (Wildman–Crippen LogP) is 6.58. The van der Waals surface area contributed by atoms with Crippen LogP contribution in [0.5, 0.6) is 5.75 Å². The number of nitrogens with one attached hydrogen (secondary N) is 1. The van der Waals surface area contributed by atoms with Gasteiger partial charge in [-0.25, -0.2) is 4.79 Å². The van der Waals surface area contributed by atoms with Crippen molar-refractivity contribution in [2.24, 2.45) is 0 Å². The lowest BCUT2D eigenvalue weighted by Crippen LogP contribution is -2.13. The Morgan fingerprint density at radius 3 is 2.58 bits per heavy atom. The summed E-state index contributed by atoms with van der Waals surface area (Å²) in [6.07, 6.45) is 1.42. The van der Waals surface area contributed by atoms with Crippen molar-refractivity contribution in [3.8, 4) is 11.8 Å². The van der Waals surface area contributed by atoms with E-state index in [0.717, 1.165) is 5.56 Å². The maximum Gasteiger partial charge on any atom is 0.335 e. The first-order chi connectivity index (χ1) is 15.8. The topological polar surface area (TPSA) is 99.4 Å². The third kappa shape index (κ3) is 6.59. The third-order valence-corrected chi connectivity index (χ3v) is 5.60. The molecule has 0 aliphatic carbocycles. The normalized spacial score (nSPS) is 10.9. The molecule has 2 N–H and O–H groups in total. The van der Waals surface area contributed by atoms with Gasteiger partial charge in [0.2, 0.25) is 0 Å². The molecule has 3 aromatic rings. The van der Waals surface area contributed by atoms with Crippen molar-refractivity contribution < 1.29 is 19.4 Å². The summed E-state index contributed by atoms with van der Waals surface area (Å²) < 4.78 is 6.42. The molecule has 0 saturated heterocycles. The van der Waals surface area contributed by atoms with E-state index >= 15 is 0 Å². The molecular formula is C24H15BrCl2N2O4. The van der Waals surface area contributed by atoms with E-state index in [2.05, 4.69) is 21.2 Å². The highest BCUT2D eigenvalue weighted by molar-refractivity contribution is 9.10. The maximum absolute atomic E-state index is 12.5. The van der Waals surface area contributed by atoms with E-state index in [0.29, 0.717) is 25.8 Å². The Labute approximate surface area is 208 Å². The molecule has 33 heavy (non-hydrogen) atoms. The van der Waals surface area contributed by atoms with Gasteiger partial charge >= 0.3 is 5.97 Å². The minimum Gasteiger partial charge on any atom is -0.488 e. The fourth-order valence-corrected chi connectivity index (χ4v) is 3.74. The number of carboxylic acid groups (broad SMARTS) is 1. The average Bonchev–Trinajstić information content (AvgIpc) is 2.78. The molecule has 1 amide bonds. The number of carbonyl (C=O) groups is 2. The van der Waals surface area contributed by atoms with Gasteiger partial charge in [-0.1, -0.05) is 41.4 Å². The van der Waals surface area contributed by atoms with Crippen LogP contribution in [0.1, 0.15) is 21.5 Å². The summed E-state index contributed by atoms with van der Waals surface area (Å²) >= 11 is 15.5. The van der Waals surface area contributed by atoms with E-state index in [1.165, 1.54) is 30.3 Å². The molecule has 9 heteroatoms. The lowest BCUT2D eigenvalue weighted by atomic mass is 10.1. The lowest BCUT2D eigenvalue weighted by Gasteiger charge is -2.10. The van der Waals surface area contributed by atoms with Gasteiger partial charge < -0.3 is 15.2 Å². The molecule has 0 spiro atoms.